The maximum Gasteiger partial charge on any atom is 0.253 e. The van der Waals surface area contributed by atoms with Gasteiger partial charge >= 0.3 is 0 Å². The molecule has 138 valence electrons. The Labute approximate surface area is 157 Å². The summed E-state index contributed by atoms with van der Waals surface area (Å²) in [5.41, 5.74) is 2.99. The first-order valence-electron chi connectivity index (χ1n) is 9.33. The Kier molecular flexibility index (Phi) is 4.71. The molecule has 2 heterocycles. The second kappa shape index (κ2) is 7.31. The van der Waals surface area contributed by atoms with E-state index in [1.807, 2.05) is 31.2 Å². The van der Waals surface area contributed by atoms with E-state index in [1.165, 1.54) is 0 Å². The molecule has 0 aliphatic heterocycles. The highest BCUT2D eigenvalue weighted by Gasteiger charge is 2.29. The molecule has 1 fully saturated rings. The molecule has 0 unspecified atom stereocenters. The second-order valence-electron chi connectivity index (χ2n) is 7.17. The smallest absolute Gasteiger partial charge is 0.253 e. The van der Waals surface area contributed by atoms with Gasteiger partial charge in [0.25, 0.3) is 5.91 Å². The van der Waals surface area contributed by atoms with Crippen LogP contribution < -0.4 is 5.32 Å². The lowest BCUT2D eigenvalue weighted by atomic mass is 9.82. The Morgan fingerprint density at radius 3 is 2.59 bits per heavy atom. The molecule has 1 amide bonds. The maximum absolute atomic E-state index is 12.8. The van der Waals surface area contributed by atoms with E-state index in [0.29, 0.717) is 11.3 Å². The average molecular weight is 362 g/mol. The lowest BCUT2D eigenvalue weighted by molar-refractivity contribution is 0.0857. The highest BCUT2D eigenvalue weighted by Crippen LogP contribution is 2.28. The molecule has 0 atom stereocenters. The number of H-pyrrole nitrogens is 1. The monoisotopic (exact) mass is 362 g/mol. The van der Waals surface area contributed by atoms with Crippen LogP contribution in [0, 0.1) is 12.8 Å². The molecule has 6 nitrogen and oxygen atoms in total. The van der Waals surface area contributed by atoms with Crippen molar-refractivity contribution in [1.29, 1.82) is 0 Å². The number of aromatic amines is 1. The first kappa shape index (κ1) is 17.4. The zero-order chi connectivity index (χ0) is 18.8. The number of Topliss-reactive ketones (excluding diaryl/α,β-unsaturated/α-hetero) is 1. The zero-order valence-electron chi connectivity index (χ0n) is 15.2. The van der Waals surface area contributed by atoms with Gasteiger partial charge in [-0.3, -0.25) is 9.59 Å². The number of aromatic nitrogens is 3. The molecule has 1 aromatic carbocycles. The number of fused-ring (bicyclic) bond motifs is 1. The summed E-state index contributed by atoms with van der Waals surface area (Å²) in [5.74, 6) is -0.0290. The van der Waals surface area contributed by atoms with Gasteiger partial charge in [0.1, 0.15) is 5.69 Å². The fraction of sp³-hybridized carbons (Fsp3) is 0.333. The molecule has 2 aromatic heterocycles. The van der Waals surface area contributed by atoms with Crippen molar-refractivity contribution in [3.05, 3.63) is 59.5 Å². The van der Waals surface area contributed by atoms with E-state index in [0.717, 1.165) is 42.3 Å². The fourth-order valence-corrected chi connectivity index (χ4v) is 3.97. The number of amides is 1. The first-order valence-corrected chi connectivity index (χ1v) is 9.33. The average Bonchev–Trinajstić information content (AvgIpc) is 3.04. The molecule has 1 aliphatic rings. The molecule has 6 heteroatoms. The molecule has 3 aromatic rings. The van der Waals surface area contributed by atoms with Crippen LogP contribution in [-0.4, -0.2) is 32.9 Å². The van der Waals surface area contributed by atoms with E-state index in [4.69, 9.17) is 0 Å². The molecule has 0 bridgehead atoms. The third kappa shape index (κ3) is 3.47. The van der Waals surface area contributed by atoms with Crippen molar-refractivity contribution in [2.45, 2.75) is 38.6 Å². The fourth-order valence-electron chi connectivity index (χ4n) is 3.97. The van der Waals surface area contributed by atoms with Crippen molar-refractivity contribution in [1.82, 2.24) is 20.5 Å². The quantitative estimate of drug-likeness (QED) is 0.696. The van der Waals surface area contributed by atoms with E-state index in [9.17, 15) is 9.59 Å². The molecular weight excluding hydrogens is 340 g/mol. The number of nitrogens with zero attached hydrogens (tertiary/aromatic N) is 2. The highest BCUT2D eigenvalue weighted by molar-refractivity contribution is 6.08. The standard InChI is InChI=1S/C21H22N4O2/c1-13-19(16-5-2-3-6-17(16)23-13)21(27)24-15-10-8-14(9-11-15)20(26)18-7-4-12-22-25-18/h2-7,12,14-15,23H,8-11H2,1H3,(H,24,27)/t14-,15-. The molecule has 1 aliphatic carbocycles. The van der Waals surface area contributed by atoms with Gasteiger partial charge in [0.05, 0.1) is 5.56 Å². The van der Waals surface area contributed by atoms with Crippen LogP contribution in [0.4, 0.5) is 0 Å². The van der Waals surface area contributed by atoms with Crippen LogP contribution in [0.15, 0.2) is 42.6 Å². The van der Waals surface area contributed by atoms with Gasteiger partial charge in [0, 0.05) is 34.8 Å². The van der Waals surface area contributed by atoms with Gasteiger partial charge in [0.15, 0.2) is 5.78 Å². The van der Waals surface area contributed by atoms with E-state index in [-0.39, 0.29) is 23.7 Å². The molecule has 27 heavy (non-hydrogen) atoms. The van der Waals surface area contributed by atoms with Crippen molar-refractivity contribution < 1.29 is 9.59 Å². The third-order valence-corrected chi connectivity index (χ3v) is 5.38. The summed E-state index contributed by atoms with van der Waals surface area (Å²) in [5, 5.41) is 11.8. The number of nitrogens with one attached hydrogen (secondary N) is 2. The van der Waals surface area contributed by atoms with E-state index < -0.39 is 0 Å². The number of carbonyl (C=O) groups excluding carboxylic acids is 2. The SMILES string of the molecule is Cc1[nH]c2ccccc2c1C(=O)N[C@H]1CC[C@H](C(=O)c2cccnn2)CC1. The van der Waals surface area contributed by atoms with Gasteiger partial charge in [-0.25, -0.2) is 0 Å². The molecule has 2 N–H and O–H groups in total. The molecule has 0 radical (unpaired) electrons. The minimum Gasteiger partial charge on any atom is -0.358 e. The predicted octanol–water partition coefficient (Wildman–Crippen LogP) is 3.44. The largest absolute Gasteiger partial charge is 0.358 e. The van der Waals surface area contributed by atoms with Gasteiger partial charge in [-0.1, -0.05) is 18.2 Å². The second-order valence-corrected chi connectivity index (χ2v) is 7.17. The number of benzene rings is 1. The number of rotatable bonds is 4. The first-order chi connectivity index (χ1) is 13.1. The van der Waals surface area contributed by atoms with Crippen LogP contribution in [0.1, 0.15) is 52.2 Å². The van der Waals surface area contributed by atoms with Crippen molar-refractivity contribution in [2.75, 3.05) is 0 Å². The van der Waals surface area contributed by atoms with Crippen LogP contribution in [0.5, 0.6) is 0 Å². The van der Waals surface area contributed by atoms with Gasteiger partial charge in [-0.05, 0) is 50.8 Å². The molecule has 0 spiro atoms. The number of para-hydroxylation sites is 1. The molecular formula is C21H22N4O2. The Bertz CT molecular complexity index is 972. The van der Waals surface area contributed by atoms with Gasteiger partial charge in [-0.15, -0.1) is 5.10 Å². The lowest BCUT2D eigenvalue weighted by Gasteiger charge is -2.28. The number of carbonyl (C=O) groups is 2. The summed E-state index contributed by atoms with van der Waals surface area (Å²) in [6.07, 6.45) is 4.67. The van der Waals surface area contributed by atoms with Gasteiger partial charge in [-0.2, -0.15) is 5.10 Å². The van der Waals surface area contributed by atoms with Crippen LogP contribution in [0.3, 0.4) is 0 Å². The van der Waals surface area contributed by atoms with Crippen molar-refractivity contribution in [2.24, 2.45) is 5.92 Å². The van der Waals surface area contributed by atoms with Crippen LogP contribution in [-0.2, 0) is 0 Å². The highest BCUT2D eigenvalue weighted by atomic mass is 16.1. The van der Waals surface area contributed by atoms with Crippen molar-refractivity contribution in [3.63, 3.8) is 0 Å². The van der Waals surface area contributed by atoms with Crippen LogP contribution in [0.25, 0.3) is 10.9 Å². The van der Waals surface area contributed by atoms with E-state index in [1.54, 1.807) is 18.3 Å². The van der Waals surface area contributed by atoms with Crippen molar-refractivity contribution >= 4 is 22.6 Å². The summed E-state index contributed by atoms with van der Waals surface area (Å²) in [6, 6.07) is 11.4. The molecule has 4 rings (SSSR count). The summed E-state index contributed by atoms with van der Waals surface area (Å²) < 4.78 is 0. The Balaban J connectivity index is 1.40. The lowest BCUT2D eigenvalue weighted by Crippen LogP contribution is -2.39. The third-order valence-electron chi connectivity index (χ3n) is 5.38. The number of aryl methyl sites for hydroxylation is 1. The van der Waals surface area contributed by atoms with Gasteiger partial charge < -0.3 is 10.3 Å². The number of hydrogen-bond acceptors (Lipinski definition) is 4. The van der Waals surface area contributed by atoms with Crippen LogP contribution >= 0.6 is 0 Å². The zero-order valence-corrected chi connectivity index (χ0v) is 15.2. The van der Waals surface area contributed by atoms with Crippen molar-refractivity contribution in [3.8, 4) is 0 Å². The molecule has 1 saturated carbocycles. The summed E-state index contributed by atoms with van der Waals surface area (Å²) in [4.78, 5) is 28.6. The number of ketones is 1. The summed E-state index contributed by atoms with van der Waals surface area (Å²) >= 11 is 0. The van der Waals surface area contributed by atoms with E-state index in [2.05, 4.69) is 20.5 Å². The minimum absolute atomic E-state index is 0.0373. The Morgan fingerprint density at radius 1 is 1.07 bits per heavy atom. The van der Waals surface area contributed by atoms with E-state index >= 15 is 0 Å². The summed E-state index contributed by atoms with van der Waals surface area (Å²) in [6.45, 7) is 1.92. The maximum atomic E-state index is 12.8. The van der Waals surface area contributed by atoms with Gasteiger partial charge in [0.2, 0.25) is 0 Å². The normalized spacial score (nSPS) is 19.7. The van der Waals surface area contributed by atoms with Crippen LogP contribution in [0.2, 0.25) is 0 Å². The minimum atomic E-state index is -0.0475. The summed E-state index contributed by atoms with van der Waals surface area (Å²) in [7, 11) is 0. The topological polar surface area (TPSA) is 87.7 Å². The Morgan fingerprint density at radius 2 is 1.85 bits per heavy atom. The predicted molar refractivity (Wildman–Crippen MR) is 103 cm³/mol. The Hall–Kier alpha value is -3.02. The molecule has 0 saturated heterocycles. The number of hydrogen-bond donors (Lipinski definition) is 2.